The second-order valence-electron chi connectivity index (χ2n) is 7.59. The lowest BCUT2D eigenvalue weighted by Gasteiger charge is -2.39. The van der Waals surface area contributed by atoms with Crippen molar-refractivity contribution in [3.05, 3.63) is 59.7 Å². The minimum atomic E-state index is -0.301. The summed E-state index contributed by atoms with van der Waals surface area (Å²) < 4.78 is 9.81. The SMILES string of the molecule is COC(=O)CCC1(CCC(=O)OC)Cc2cccc3ccc4cccc1c4c23. The van der Waals surface area contributed by atoms with Crippen LogP contribution >= 0.6 is 0 Å². The van der Waals surface area contributed by atoms with Crippen molar-refractivity contribution in [2.24, 2.45) is 0 Å². The molecular formula is C24H24O4. The summed E-state index contributed by atoms with van der Waals surface area (Å²) in [4.78, 5) is 23.9. The first-order valence-electron chi connectivity index (χ1n) is 9.65. The third kappa shape index (κ3) is 3.03. The van der Waals surface area contributed by atoms with Gasteiger partial charge in [0.05, 0.1) is 14.2 Å². The quantitative estimate of drug-likeness (QED) is 0.462. The van der Waals surface area contributed by atoms with Crippen LogP contribution in [0.4, 0.5) is 0 Å². The maximum atomic E-state index is 12.0. The molecule has 28 heavy (non-hydrogen) atoms. The van der Waals surface area contributed by atoms with Crippen LogP contribution in [0.2, 0.25) is 0 Å². The van der Waals surface area contributed by atoms with Gasteiger partial charge in [0.1, 0.15) is 0 Å². The van der Waals surface area contributed by atoms with Gasteiger partial charge in [-0.2, -0.15) is 0 Å². The number of methoxy groups -OCH3 is 2. The van der Waals surface area contributed by atoms with Crippen LogP contribution in [0.15, 0.2) is 48.5 Å². The first kappa shape index (κ1) is 18.5. The Balaban J connectivity index is 1.91. The second-order valence-corrected chi connectivity index (χ2v) is 7.59. The zero-order valence-electron chi connectivity index (χ0n) is 16.3. The van der Waals surface area contributed by atoms with E-state index in [-0.39, 0.29) is 17.4 Å². The maximum Gasteiger partial charge on any atom is 0.305 e. The number of carbonyl (C=O) groups excluding carboxylic acids is 2. The minimum Gasteiger partial charge on any atom is -0.469 e. The van der Waals surface area contributed by atoms with E-state index in [4.69, 9.17) is 9.47 Å². The summed E-state index contributed by atoms with van der Waals surface area (Å²) in [5.74, 6) is -0.441. The molecule has 144 valence electrons. The Kier molecular flexibility index (Phi) is 4.80. The molecule has 0 atom stereocenters. The van der Waals surface area contributed by atoms with Crippen LogP contribution in [0.5, 0.6) is 0 Å². The van der Waals surface area contributed by atoms with E-state index in [2.05, 4.69) is 48.5 Å². The van der Waals surface area contributed by atoms with Crippen molar-refractivity contribution in [1.29, 1.82) is 0 Å². The Morgan fingerprint density at radius 1 is 0.821 bits per heavy atom. The maximum absolute atomic E-state index is 12.0. The molecule has 4 nitrogen and oxygen atoms in total. The minimum absolute atomic E-state index is 0.221. The number of benzene rings is 3. The summed E-state index contributed by atoms with van der Waals surface area (Å²) in [5, 5.41) is 4.96. The van der Waals surface area contributed by atoms with E-state index in [0.717, 1.165) is 6.42 Å². The number of hydrogen-bond acceptors (Lipinski definition) is 4. The Hall–Kier alpha value is -2.88. The van der Waals surface area contributed by atoms with E-state index < -0.39 is 0 Å². The molecule has 0 unspecified atom stereocenters. The smallest absolute Gasteiger partial charge is 0.305 e. The molecule has 0 fully saturated rings. The van der Waals surface area contributed by atoms with Crippen molar-refractivity contribution in [3.8, 4) is 0 Å². The second kappa shape index (κ2) is 7.27. The van der Waals surface area contributed by atoms with Gasteiger partial charge in [-0.3, -0.25) is 9.59 Å². The Bertz CT molecular complexity index is 1050. The molecule has 0 amide bonds. The zero-order chi connectivity index (χ0) is 19.7. The molecule has 1 aliphatic rings. The number of rotatable bonds is 6. The zero-order valence-corrected chi connectivity index (χ0v) is 16.3. The van der Waals surface area contributed by atoms with Crippen molar-refractivity contribution < 1.29 is 19.1 Å². The molecule has 1 aliphatic carbocycles. The van der Waals surface area contributed by atoms with Crippen LogP contribution in [-0.4, -0.2) is 26.2 Å². The fourth-order valence-corrected chi connectivity index (χ4v) is 4.74. The van der Waals surface area contributed by atoms with Crippen LogP contribution < -0.4 is 0 Å². The van der Waals surface area contributed by atoms with Crippen LogP contribution in [0.25, 0.3) is 21.5 Å². The first-order valence-corrected chi connectivity index (χ1v) is 9.65. The van der Waals surface area contributed by atoms with Crippen molar-refractivity contribution in [2.75, 3.05) is 14.2 Å². The van der Waals surface area contributed by atoms with Gasteiger partial charge in [0.25, 0.3) is 0 Å². The van der Waals surface area contributed by atoms with E-state index >= 15 is 0 Å². The highest BCUT2D eigenvalue weighted by Gasteiger charge is 2.38. The summed E-state index contributed by atoms with van der Waals surface area (Å²) in [6, 6.07) is 17.1. The molecule has 0 spiro atoms. The lowest BCUT2D eigenvalue weighted by atomic mass is 9.64. The van der Waals surface area contributed by atoms with Gasteiger partial charge in [0.15, 0.2) is 0 Å². The van der Waals surface area contributed by atoms with Crippen LogP contribution in [0.3, 0.4) is 0 Å². The highest BCUT2D eigenvalue weighted by Crippen LogP contribution is 2.48. The third-order valence-corrected chi connectivity index (χ3v) is 6.14. The topological polar surface area (TPSA) is 52.6 Å². The average Bonchev–Trinajstić information content (AvgIpc) is 2.74. The van der Waals surface area contributed by atoms with E-state index in [1.54, 1.807) is 0 Å². The lowest BCUT2D eigenvalue weighted by molar-refractivity contribution is -0.141. The number of ether oxygens (including phenoxy) is 2. The monoisotopic (exact) mass is 376 g/mol. The molecule has 4 rings (SSSR count). The summed E-state index contributed by atoms with van der Waals surface area (Å²) in [7, 11) is 2.84. The van der Waals surface area contributed by atoms with Crippen molar-refractivity contribution in [2.45, 2.75) is 37.5 Å². The van der Waals surface area contributed by atoms with Gasteiger partial charge < -0.3 is 9.47 Å². The van der Waals surface area contributed by atoms with Crippen LogP contribution in [0.1, 0.15) is 36.8 Å². The standard InChI is InChI=1S/C24H24O4/c1-27-20(25)11-13-24(14-12-21(26)28-2)15-18-7-3-5-16-9-10-17-6-4-8-19(24)23(17)22(16)18/h3-10H,11-15H2,1-2H3. The van der Waals surface area contributed by atoms with Gasteiger partial charge >= 0.3 is 11.9 Å². The Morgan fingerprint density at radius 2 is 1.39 bits per heavy atom. The molecular weight excluding hydrogens is 352 g/mol. The summed E-state index contributed by atoms with van der Waals surface area (Å²) >= 11 is 0. The molecule has 0 aliphatic heterocycles. The predicted molar refractivity (Wildman–Crippen MR) is 109 cm³/mol. The number of hydrogen-bond donors (Lipinski definition) is 0. The molecule has 3 aromatic carbocycles. The lowest BCUT2D eigenvalue weighted by Crippen LogP contribution is -2.33. The van der Waals surface area contributed by atoms with Crippen molar-refractivity contribution in [1.82, 2.24) is 0 Å². The normalized spacial score (nSPS) is 14.4. The molecule has 0 aromatic heterocycles. The van der Waals surface area contributed by atoms with Crippen molar-refractivity contribution in [3.63, 3.8) is 0 Å². The fraction of sp³-hybridized carbons (Fsp3) is 0.333. The molecule has 0 heterocycles. The van der Waals surface area contributed by atoms with Crippen LogP contribution in [-0.2, 0) is 30.9 Å². The van der Waals surface area contributed by atoms with Gasteiger partial charge in [0.2, 0.25) is 0 Å². The number of esters is 2. The highest BCUT2D eigenvalue weighted by atomic mass is 16.5. The van der Waals surface area contributed by atoms with Gasteiger partial charge in [-0.05, 0) is 51.9 Å². The third-order valence-electron chi connectivity index (χ3n) is 6.14. The molecule has 0 N–H and O–H groups in total. The van der Waals surface area contributed by atoms with E-state index in [1.165, 1.54) is 46.9 Å². The highest BCUT2D eigenvalue weighted by molar-refractivity contribution is 6.12. The van der Waals surface area contributed by atoms with Gasteiger partial charge in [0, 0.05) is 18.3 Å². The Labute approximate surface area is 164 Å². The molecule has 0 radical (unpaired) electrons. The summed E-state index contributed by atoms with van der Waals surface area (Å²) in [6.45, 7) is 0. The van der Waals surface area contributed by atoms with Crippen LogP contribution in [0, 0.1) is 0 Å². The van der Waals surface area contributed by atoms with E-state index in [1.807, 2.05) is 0 Å². The van der Waals surface area contributed by atoms with Crippen molar-refractivity contribution >= 4 is 33.5 Å². The fourth-order valence-electron chi connectivity index (χ4n) is 4.74. The first-order chi connectivity index (χ1) is 13.6. The predicted octanol–water partition coefficient (Wildman–Crippen LogP) is 4.69. The Morgan fingerprint density at radius 3 is 2.00 bits per heavy atom. The molecule has 0 saturated carbocycles. The average molecular weight is 376 g/mol. The van der Waals surface area contributed by atoms with E-state index in [0.29, 0.717) is 25.7 Å². The van der Waals surface area contributed by atoms with Gasteiger partial charge in [-0.25, -0.2) is 0 Å². The molecule has 3 aromatic rings. The largest absolute Gasteiger partial charge is 0.469 e. The summed E-state index contributed by atoms with van der Waals surface area (Å²) in [5.41, 5.74) is 2.20. The summed E-state index contributed by atoms with van der Waals surface area (Å²) in [6.07, 6.45) is 2.73. The van der Waals surface area contributed by atoms with Gasteiger partial charge in [-0.15, -0.1) is 0 Å². The molecule has 4 heteroatoms. The van der Waals surface area contributed by atoms with Gasteiger partial charge in [-0.1, -0.05) is 48.5 Å². The molecule has 0 saturated heterocycles. The molecule has 0 bridgehead atoms. The van der Waals surface area contributed by atoms with E-state index in [9.17, 15) is 9.59 Å². The number of carbonyl (C=O) groups is 2.